The third kappa shape index (κ3) is 2.00. The van der Waals surface area contributed by atoms with Crippen LogP contribution in [0.2, 0.25) is 0 Å². The fourth-order valence-electron chi connectivity index (χ4n) is 2.33. The van der Waals surface area contributed by atoms with Crippen molar-refractivity contribution in [3.05, 3.63) is 23.7 Å². The maximum atomic E-state index is 10.9. The van der Waals surface area contributed by atoms with Gasteiger partial charge in [0.2, 0.25) is 0 Å². The number of nitrogens with one attached hydrogen (secondary N) is 2. The first-order valence-electron chi connectivity index (χ1n) is 6.02. The molecule has 94 valence electrons. The molecule has 3 heterocycles. The number of pyridine rings is 1. The van der Waals surface area contributed by atoms with Gasteiger partial charge >= 0.3 is 0 Å². The first-order valence-corrected chi connectivity index (χ1v) is 6.02. The van der Waals surface area contributed by atoms with Crippen molar-refractivity contribution in [1.82, 2.24) is 20.7 Å². The van der Waals surface area contributed by atoms with Crippen molar-refractivity contribution in [3.63, 3.8) is 0 Å². The number of rotatable bonds is 2. The van der Waals surface area contributed by atoms with Gasteiger partial charge in [0, 0.05) is 17.8 Å². The summed E-state index contributed by atoms with van der Waals surface area (Å²) in [5.74, 6) is 0.243. The van der Waals surface area contributed by atoms with Crippen LogP contribution in [-0.4, -0.2) is 34.6 Å². The molecule has 0 amide bonds. The van der Waals surface area contributed by atoms with Gasteiger partial charge in [0.1, 0.15) is 5.69 Å². The Morgan fingerprint density at radius 2 is 2.44 bits per heavy atom. The minimum atomic E-state index is 0.243. The monoisotopic (exact) mass is 246 g/mol. The number of aromatic amines is 1. The van der Waals surface area contributed by atoms with Crippen LogP contribution in [0.25, 0.3) is 10.9 Å². The molecule has 2 N–H and O–H groups in total. The summed E-state index contributed by atoms with van der Waals surface area (Å²) >= 11 is 0. The number of nitrogens with zero attached hydrogens (tertiary/aromatic N) is 2. The van der Waals surface area contributed by atoms with Crippen LogP contribution in [0.3, 0.4) is 0 Å². The van der Waals surface area contributed by atoms with Gasteiger partial charge in [-0.05, 0) is 18.9 Å². The minimum Gasteiger partial charge on any atom is -0.302 e. The molecule has 3 rings (SSSR count). The predicted molar refractivity (Wildman–Crippen MR) is 65.2 cm³/mol. The van der Waals surface area contributed by atoms with Crippen molar-refractivity contribution in [2.24, 2.45) is 0 Å². The molecule has 2 aromatic rings. The van der Waals surface area contributed by atoms with Gasteiger partial charge in [-0.25, -0.2) is 10.5 Å². The van der Waals surface area contributed by atoms with Crippen molar-refractivity contribution in [1.29, 1.82) is 0 Å². The van der Waals surface area contributed by atoms with E-state index < -0.39 is 0 Å². The van der Waals surface area contributed by atoms with Crippen molar-refractivity contribution >= 4 is 17.2 Å². The minimum absolute atomic E-state index is 0.243. The highest BCUT2D eigenvalue weighted by Crippen LogP contribution is 2.27. The number of H-pyrrole nitrogens is 1. The SMILES string of the molecule is O=Cc1cc2[nH]ncc2c(C2CCCONC2)n1. The van der Waals surface area contributed by atoms with E-state index >= 15 is 0 Å². The van der Waals surface area contributed by atoms with Crippen LogP contribution >= 0.6 is 0 Å². The van der Waals surface area contributed by atoms with Crippen molar-refractivity contribution in [2.45, 2.75) is 18.8 Å². The zero-order valence-corrected chi connectivity index (χ0v) is 9.85. The molecule has 0 saturated carbocycles. The van der Waals surface area contributed by atoms with E-state index in [9.17, 15) is 4.79 Å². The summed E-state index contributed by atoms with van der Waals surface area (Å²) in [6, 6.07) is 1.72. The zero-order chi connectivity index (χ0) is 12.4. The molecule has 2 aromatic heterocycles. The summed E-state index contributed by atoms with van der Waals surface area (Å²) in [6.07, 6.45) is 4.50. The molecule has 0 aliphatic carbocycles. The largest absolute Gasteiger partial charge is 0.302 e. The van der Waals surface area contributed by atoms with Crippen molar-refractivity contribution in [2.75, 3.05) is 13.2 Å². The van der Waals surface area contributed by atoms with Crippen molar-refractivity contribution in [3.8, 4) is 0 Å². The van der Waals surface area contributed by atoms with Crippen LogP contribution in [0, 0.1) is 0 Å². The summed E-state index contributed by atoms with van der Waals surface area (Å²) in [6.45, 7) is 1.41. The molecule has 0 aromatic carbocycles. The van der Waals surface area contributed by atoms with E-state index in [2.05, 4.69) is 20.7 Å². The molecule has 6 heteroatoms. The van der Waals surface area contributed by atoms with Gasteiger partial charge in [-0.15, -0.1) is 0 Å². The average Bonchev–Trinajstić information content (AvgIpc) is 2.70. The zero-order valence-electron chi connectivity index (χ0n) is 9.85. The first kappa shape index (κ1) is 11.3. The summed E-state index contributed by atoms with van der Waals surface area (Å²) in [4.78, 5) is 20.6. The topological polar surface area (TPSA) is 79.9 Å². The molecular formula is C12H14N4O2. The Morgan fingerprint density at radius 1 is 1.50 bits per heavy atom. The molecule has 0 bridgehead atoms. The van der Waals surface area contributed by atoms with E-state index in [1.54, 1.807) is 12.3 Å². The van der Waals surface area contributed by atoms with Crippen LogP contribution in [-0.2, 0) is 4.84 Å². The van der Waals surface area contributed by atoms with Gasteiger partial charge in [-0.3, -0.25) is 9.89 Å². The summed E-state index contributed by atoms with van der Waals surface area (Å²) in [7, 11) is 0. The molecule has 6 nitrogen and oxygen atoms in total. The van der Waals surface area contributed by atoms with Crippen LogP contribution in [0.4, 0.5) is 0 Å². The number of hydroxylamine groups is 1. The quantitative estimate of drug-likeness (QED) is 0.777. The number of aldehydes is 1. The molecule has 0 radical (unpaired) electrons. The van der Waals surface area contributed by atoms with E-state index in [4.69, 9.17) is 4.84 Å². The van der Waals surface area contributed by atoms with Crippen LogP contribution in [0.15, 0.2) is 12.3 Å². The number of fused-ring (bicyclic) bond motifs is 1. The second kappa shape index (κ2) is 4.83. The lowest BCUT2D eigenvalue weighted by Gasteiger charge is -2.14. The smallest absolute Gasteiger partial charge is 0.168 e. The van der Waals surface area contributed by atoms with Gasteiger partial charge in [-0.1, -0.05) is 0 Å². The van der Waals surface area contributed by atoms with Gasteiger partial charge in [-0.2, -0.15) is 5.10 Å². The standard InChI is InChI=1S/C12H14N4O2/c17-7-9-4-11-10(6-13-16-11)12(15-9)8-2-1-3-18-14-5-8/h4,6-8,14H,1-3,5H2,(H,13,16). The van der Waals surface area contributed by atoms with Crippen LogP contribution in [0.1, 0.15) is 34.9 Å². The summed E-state index contributed by atoms with van der Waals surface area (Å²) < 4.78 is 0. The highest BCUT2D eigenvalue weighted by atomic mass is 16.6. The predicted octanol–water partition coefficient (Wildman–Crippen LogP) is 1.17. The van der Waals surface area contributed by atoms with Gasteiger partial charge in [0.05, 0.1) is 24.0 Å². The third-order valence-corrected chi connectivity index (χ3v) is 3.22. The number of hydrogen-bond donors (Lipinski definition) is 2. The lowest BCUT2D eigenvalue weighted by Crippen LogP contribution is -2.19. The van der Waals surface area contributed by atoms with E-state index in [-0.39, 0.29) is 5.92 Å². The lowest BCUT2D eigenvalue weighted by molar-refractivity contribution is 0.0513. The molecule has 18 heavy (non-hydrogen) atoms. The Labute approximate surface area is 104 Å². The molecule has 1 aliphatic heterocycles. The number of carbonyl (C=O) groups excluding carboxylic acids is 1. The van der Waals surface area contributed by atoms with Crippen molar-refractivity contribution < 1.29 is 9.63 Å². The molecule has 1 unspecified atom stereocenters. The Kier molecular flexibility index (Phi) is 3.04. The molecule has 1 saturated heterocycles. The third-order valence-electron chi connectivity index (χ3n) is 3.22. The molecule has 1 atom stereocenters. The van der Waals surface area contributed by atoms with Crippen LogP contribution in [0.5, 0.6) is 0 Å². The van der Waals surface area contributed by atoms with Gasteiger partial charge in [0.15, 0.2) is 6.29 Å². The van der Waals surface area contributed by atoms with Gasteiger partial charge < -0.3 is 4.84 Å². The van der Waals surface area contributed by atoms with E-state index in [1.807, 2.05) is 0 Å². The maximum absolute atomic E-state index is 10.9. The second-order valence-electron chi connectivity index (χ2n) is 4.42. The number of carbonyl (C=O) groups is 1. The molecular weight excluding hydrogens is 232 g/mol. The van der Waals surface area contributed by atoms with Crippen LogP contribution < -0.4 is 5.48 Å². The fourth-order valence-corrected chi connectivity index (χ4v) is 2.33. The average molecular weight is 246 g/mol. The first-order chi connectivity index (χ1) is 8.88. The van der Waals surface area contributed by atoms with Gasteiger partial charge in [0.25, 0.3) is 0 Å². The van der Waals surface area contributed by atoms with E-state index in [0.717, 1.165) is 35.7 Å². The lowest BCUT2D eigenvalue weighted by atomic mass is 9.96. The number of aromatic nitrogens is 3. The Balaban J connectivity index is 2.07. The Bertz CT molecular complexity index is 558. The Morgan fingerprint density at radius 3 is 3.33 bits per heavy atom. The summed E-state index contributed by atoms with van der Waals surface area (Å²) in [5.41, 5.74) is 5.14. The molecule has 1 aliphatic rings. The normalized spacial score (nSPS) is 20.8. The molecule has 0 spiro atoms. The number of hydrogen-bond acceptors (Lipinski definition) is 5. The highest BCUT2D eigenvalue weighted by Gasteiger charge is 2.20. The maximum Gasteiger partial charge on any atom is 0.168 e. The fraction of sp³-hybridized carbons (Fsp3) is 0.417. The Hall–Kier alpha value is -1.79. The second-order valence-corrected chi connectivity index (χ2v) is 4.42. The van der Waals surface area contributed by atoms with E-state index in [0.29, 0.717) is 18.8 Å². The highest BCUT2D eigenvalue weighted by molar-refractivity contribution is 5.86. The van der Waals surface area contributed by atoms with E-state index in [1.165, 1.54) is 0 Å². The molecule has 1 fully saturated rings. The summed E-state index contributed by atoms with van der Waals surface area (Å²) in [5, 5.41) is 7.89.